The van der Waals surface area contributed by atoms with Crippen molar-refractivity contribution in [2.75, 3.05) is 0 Å². The number of benzene rings is 1. The average Bonchev–Trinajstić information content (AvgIpc) is 2.92. The Hall–Kier alpha value is -2.40. The molecule has 0 fully saturated rings. The molecule has 0 radical (unpaired) electrons. The number of rotatable bonds is 5. The SMILES string of the molecule is Clc1cccc(Cl)c1COCc1cccn2c(C3=CC=CC=CC3)nnc12. The molecule has 4 rings (SSSR count). The van der Waals surface area contributed by atoms with Crippen molar-refractivity contribution in [1.29, 1.82) is 0 Å². The van der Waals surface area contributed by atoms with Crippen LogP contribution in [-0.2, 0) is 18.0 Å². The topological polar surface area (TPSA) is 39.4 Å². The van der Waals surface area contributed by atoms with Gasteiger partial charge in [-0.15, -0.1) is 10.2 Å². The van der Waals surface area contributed by atoms with E-state index in [9.17, 15) is 0 Å². The lowest BCUT2D eigenvalue weighted by Crippen LogP contribution is -2.00. The van der Waals surface area contributed by atoms with Crippen molar-refractivity contribution in [1.82, 2.24) is 14.6 Å². The molecule has 0 bridgehead atoms. The Labute approximate surface area is 167 Å². The Morgan fingerprint density at radius 1 is 0.963 bits per heavy atom. The zero-order valence-corrected chi connectivity index (χ0v) is 16.0. The number of allylic oxidation sites excluding steroid dienone is 6. The number of hydrogen-bond donors (Lipinski definition) is 0. The van der Waals surface area contributed by atoms with E-state index in [1.165, 1.54) is 0 Å². The Balaban J connectivity index is 1.56. The number of nitrogens with zero attached hydrogens (tertiary/aromatic N) is 3. The Morgan fingerprint density at radius 3 is 2.67 bits per heavy atom. The van der Waals surface area contributed by atoms with E-state index in [4.69, 9.17) is 27.9 Å². The van der Waals surface area contributed by atoms with Gasteiger partial charge < -0.3 is 4.74 Å². The minimum atomic E-state index is 0.335. The fourth-order valence-electron chi connectivity index (χ4n) is 2.98. The van der Waals surface area contributed by atoms with Crippen LogP contribution < -0.4 is 0 Å². The Kier molecular flexibility index (Phi) is 5.39. The minimum absolute atomic E-state index is 0.335. The van der Waals surface area contributed by atoms with Crippen LogP contribution in [0.3, 0.4) is 0 Å². The maximum absolute atomic E-state index is 6.20. The first kappa shape index (κ1) is 18.0. The number of fused-ring (bicyclic) bond motifs is 1. The van der Waals surface area contributed by atoms with Crippen LogP contribution >= 0.6 is 23.2 Å². The van der Waals surface area contributed by atoms with Crippen LogP contribution in [0.25, 0.3) is 11.2 Å². The van der Waals surface area contributed by atoms with Gasteiger partial charge in [-0.05, 0) is 24.6 Å². The molecule has 1 aliphatic rings. The summed E-state index contributed by atoms with van der Waals surface area (Å²) >= 11 is 12.4. The van der Waals surface area contributed by atoms with Gasteiger partial charge in [0.05, 0.1) is 13.2 Å². The van der Waals surface area contributed by atoms with Gasteiger partial charge in [-0.1, -0.05) is 65.7 Å². The summed E-state index contributed by atoms with van der Waals surface area (Å²) in [5.74, 6) is 0.845. The summed E-state index contributed by atoms with van der Waals surface area (Å²) in [4.78, 5) is 0. The number of pyridine rings is 1. The van der Waals surface area contributed by atoms with Gasteiger partial charge in [0.1, 0.15) is 0 Å². The normalized spacial score (nSPS) is 13.8. The van der Waals surface area contributed by atoms with Crippen molar-refractivity contribution < 1.29 is 4.74 Å². The third-order valence-electron chi connectivity index (χ3n) is 4.36. The third-order valence-corrected chi connectivity index (χ3v) is 5.07. The van der Waals surface area contributed by atoms with Crippen LogP contribution in [0.4, 0.5) is 0 Å². The Morgan fingerprint density at radius 2 is 1.81 bits per heavy atom. The summed E-state index contributed by atoms with van der Waals surface area (Å²) < 4.78 is 7.86. The number of hydrogen-bond acceptors (Lipinski definition) is 3. The average molecular weight is 398 g/mol. The van der Waals surface area contributed by atoms with E-state index < -0.39 is 0 Å². The van der Waals surface area contributed by atoms with Gasteiger partial charge >= 0.3 is 0 Å². The lowest BCUT2D eigenvalue weighted by Gasteiger charge is -2.09. The molecule has 3 aromatic rings. The molecule has 0 N–H and O–H groups in total. The minimum Gasteiger partial charge on any atom is -0.372 e. The zero-order valence-electron chi connectivity index (χ0n) is 14.5. The third kappa shape index (κ3) is 3.83. The molecule has 0 saturated heterocycles. The van der Waals surface area contributed by atoms with E-state index in [-0.39, 0.29) is 0 Å². The maximum atomic E-state index is 6.20. The van der Waals surface area contributed by atoms with E-state index in [0.717, 1.165) is 34.6 Å². The van der Waals surface area contributed by atoms with Gasteiger partial charge in [-0.3, -0.25) is 4.40 Å². The van der Waals surface area contributed by atoms with Crippen LogP contribution in [0.15, 0.2) is 66.9 Å². The second-order valence-corrected chi connectivity index (χ2v) is 6.97. The van der Waals surface area contributed by atoms with E-state index in [0.29, 0.717) is 23.3 Å². The highest BCUT2D eigenvalue weighted by molar-refractivity contribution is 6.35. The summed E-state index contributed by atoms with van der Waals surface area (Å²) in [5.41, 5.74) is 3.65. The Bertz CT molecular complexity index is 1050. The van der Waals surface area contributed by atoms with Crippen LogP contribution in [0, 0.1) is 0 Å². The molecule has 0 amide bonds. The molecular formula is C21H17Cl2N3O. The molecule has 0 saturated carbocycles. The highest BCUT2D eigenvalue weighted by Crippen LogP contribution is 2.26. The molecule has 6 heteroatoms. The molecule has 0 aliphatic heterocycles. The lowest BCUT2D eigenvalue weighted by molar-refractivity contribution is 0.108. The summed E-state index contributed by atoms with van der Waals surface area (Å²) in [6.45, 7) is 0.726. The molecule has 0 unspecified atom stereocenters. The van der Waals surface area contributed by atoms with Crippen molar-refractivity contribution >= 4 is 34.4 Å². The van der Waals surface area contributed by atoms with Gasteiger partial charge in [0.15, 0.2) is 11.5 Å². The van der Waals surface area contributed by atoms with E-state index in [2.05, 4.69) is 22.3 Å². The molecular weight excluding hydrogens is 381 g/mol. The van der Waals surface area contributed by atoms with Crippen molar-refractivity contribution in [2.45, 2.75) is 19.6 Å². The highest BCUT2D eigenvalue weighted by atomic mass is 35.5. The van der Waals surface area contributed by atoms with Gasteiger partial charge in [-0.2, -0.15) is 0 Å². The number of aromatic nitrogens is 3. The summed E-state index contributed by atoms with van der Waals surface area (Å²) in [6, 6.07) is 9.40. The van der Waals surface area contributed by atoms with Crippen molar-refractivity contribution in [3.05, 3.63) is 93.9 Å². The van der Waals surface area contributed by atoms with Crippen LogP contribution in [0.5, 0.6) is 0 Å². The second-order valence-electron chi connectivity index (χ2n) is 6.15. The van der Waals surface area contributed by atoms with Gasteiger partial charge in [-0.25, -0.2) is 0 Å². The van der Waals surface area contributed by atoms with Crippen LogP contribution in [0.1, 0.15) is 23.4 Å². The summed E-state index contributed by atoms with van der Waals surface area (Å²) in [6.07, 6.45) is 13.0. The molecule has 4 nitrogen and oxygen atoms in total. The molecule has 1 aromatic carbocycles. The van der Waals surface area contributed by atoms with E-state index >= 15 is 0 Å². The standard InChI is InChI=1S/C21H17Cl2N3O/c22-18-10-5-11-19(23)17(18)14-27-13-16-9-6-12-26-20(24-25-21(16)26)15-7-3-1-2-4-8-15/h1-7,9-12H,8,13-14H2. The monoisotopic (exact) mass is 397 g/mol. The maximum Gasteiger partial charge on any atom is 0.166 e. The van der Waals surface area contributed by atoms with Crippen molar-refractivity contribution in [3.8, 4) is 0 Å². The first-order valence-electron chi connectivity index (χ1n) is 8.60. The molecule has 136 valence electrons. The van der Waals surface area contributed by atoms with Gasteiger partial charge in [0.2, 0.25) is 0 Å². The van der Waals surface area contributed by atoms with Crippen LogP contribution in [-0.4, -0.2) is 14.6 Å². The van der Waals surface area contributed by atoms with Gasteiger partial charge in [0.25, 0.3) is 0 Å². The van der Waals surface area contributed by atoms with E-state index in [1.807, 2.05) is 47.0 Å². The second kappa shape index (κ2) is 8.09. The summed E-state index contributed by atoms with van der Waals surface area (Å²) in [7, 11) is 0. The molecule has 1 aliphatic carbocycles. The zero-order chi connectivity index (χ0) is 18.6. The summed E-state index contributed by atoms with van der Waals surface area (Å²) in [5, 5.41) is 9.98. The fourth-order valence-corrected chi connectivity index (χ4v) is 3.49. The molecule has 0 spiro atoms. The lowest BCUT2D eigenvalue weighted by atomic mass is 10.1. The number of halogens is 2. The number of ether oxygens (including phenoxy) is 1. The van der Waals surface area contributed by atoms with Gasteiger partial charge in [0, 0.05) is 32.9 Å². The predicted octanol–water partition coefficient (Wildman–Crippen LogP) is 5.65. The first-order valence-corrected chi connectivity index (χ1v) is 9.35. The molecule has 0 atom stereocenters. The van der Waals surface area contributed by atoms with Crippen molar-refractivity contribution in [3.63, 3.8) is 0 Å². The van der Waals surface area contributed by atoms with E-state index in [1.54, 1.807) is 12.1 Å². The van der Waals surface area contributed by atoms with Crippen LogP contribution in [0.2, 0.25) is 10.0 Å². The predicted molar refractivity (Wildman–Crippen MR) is 109 cm³/mol. The van der Waals surface area contributed by atoms with Crippen molar-refractivity contribution in [2.24, 2.45) is 0 Å². The quantitative estimate of drug-likeness (QED) is 0.557. The highest BCUT2D eigenvalue weighted by Gasteiger charge is 2.13. The fraction of sp³-hybridized carbons (Fsp3) is 0.143. The first-order chi connectivity index (χ1) is 13.2. The molecule has 27 heavy (non-hydrogen) atoms. The molecule has 2 aromatic heterocycles. The largest absolute Gasteiger partial charge is 0.372 e. The molecule has 2 heterocycles. The smallest absolute Gasteiger partial charge is 0.166 e.